The lowest BCUT2D eigenvalue weighted by Gasteiger charge is -2.35. The standard InChI is InChI=1S/C14H17F3N2O3/c1-4-22-12(21)13(14(15,16)17,18-10(3)20)19-11-7-5-6-9(2)8-11/h5-8,19H,4H2,1-3H3,(H,18,20)/t13-/m1/s1. The molecule has 122 valence electrons. The number of carbonyl (C=O) groups excluding carboxylic acids is 2. The fourth-order valence-corrected chi connectivity index (χ4v) is 1.83. The first-order valence-electron chi connectivity index (χ1n) is 6.50. The van der Waals surface area contributed by atoms with Gasteiger partial charge in [0.25, 0.3) is 0 Å². The van der Waals surface area contributed by atoms with E-state index in [0.29, 0.717) is 5.56 Å². The molecule has 0 aliphatic rings. The van der Waals surface area contributed by atoms with E-state index >= 15 is 0 Å². The van der Waals surface area contributed by atoms with Crippen LogP contribution in [0, 0.1) is 6.92 Å². The van der Waals surface area contributed by atoms with E-state index in [1.165, 1.54) is 25.1 Å². The molecule has 0 heterocycles. The van der Waals surface area contributed by atoms with Gasteiger partial charge in [-0.1, -0.05) is 12.1 Å². The second kappa shape index (κ2) is 6.67. The van der Waals surface area contributed by atoms with E-state index in [-0.39, 0.29) is 12.3 Å². The van der Waals surface area contributed by atoms with Gasteiger partial charge in [-0.3, -0.25) is 4.79 Å². The number of hydrogen-bond acceptors (Lipinski definition) is 4. The predicted molar refractivity (Wildman–Crippen MR) is 74.0 cm³/mol. The first kappa shape index (κ1) is 17.8. The highest BCUT2D eigenvalue weighted by molar-refractivity contribution is 5.90. The number of rotatable bonds is 5. The third-order valence-corrected chi connectivity index (χ3v) is 2.72. The Morgan fingerprint density at radius 2 is 1.91 bits per heavy atom. The molecule has 8 heteroatoms. The van der Waals surface area contributed by atoms with Crippen LogP contribution in [0.5, 0.6) is 0 Å². The van der Waals surface area contributed by atoms with Crippen LogP contribution in [0.25, 0.3) is 0 Å². The molecule has 1 aromatic carbocycles. The fraction of sp³-hybridized carbons (Fsp3) is 0.429. The third-order valence-electron chi connectivity index (χ3n) is 2.72. The predicted octanol–water partition coefficient (Wildman–Crippen LogP) is 2.36. The number of hydrogen-bond donors (Lipinski definition) is 2. The van der Waals surface area contributed by atoms with Gasteiger partial charge in [0.15, 0.2) is 0 Å². The van der Waals surface area contributed by atoms with Crippen molar-refractivity contribution in [1.82, 2.24) is 5.32 Å². The van der Waals surface area contributed by atoms with Crippen molar-refractivity contribution < 1.29 is 27.5 Å². The van der Waals surface area contributed by atoms with Crippen LogP contribution in [-0.4, -0.2) is 30.3 Å². The molecular weight excluding hydrogens is 301 g/mol. The topological polar surface area (TPSA) is 67.4 Å². The van der Waals surface area contributed by atoms with Gasteiger partial charge in [0.2, 0.25) is 5.91 Å². The molecule has 0 aliphatic heterocycles. The van der Waals surface area contributed by atoms with Crippen molar-refractivity contribution in [2.45, 2.75) is 32.6 Å². The van der Waals surface area contributed by atoms with Crippen LogP contribution in [0.1, 0.15) is 19.4 Å². The Kier molecular flexibility index (Phi) is 5.40. The number of aryl methyl sites for hydroxylation is 1. The molecule has 0 aromatic heterocycles. The van der Waals surface area contributed by atoms with Gasteiger partial charge in [0, 0.05) is 12.6 Å². The van der Waals surface area contributed by atoms with Crippen LogP contribution in [0.15, 0.2) is 24.3 Å². The minimum atomic E-state index is -5.10. The SMILES string of the molecule is CCOC(=O)[C@@](NC(C)=O)(Nc1cccc(C)c1)C(F)(F)F. The van der Waals surface area contributed by atoms with Crippen molar-refractivity contribution in [3.63, 3.8) is 0 Å². The first-order valence-corrected chi connectivity index (χ1v) is 6.50. The largest absolute Gasteiger partial charge is 0.463 e. The van der Waals surface area contributed by atoms with Crippen LogP contribution in [0.2, 0.25) is 0 Å². The molecule has 1 atom stereocenters. The van der Waals surface area contributed by atoms with Gasteiger partial charge in [-0.05, 0) is 31.5 Å². The number of benzene rings is 1. The van der Waals surface area contributed by atoms with Crippen LogP contribution in [0.3, 0.4) is 0 Å². The van der Waals surface area contributed by atoms with E-state index in [2.05, 4.69) is 10.1 Å². The van der Waals surface area contributed by atoms with E-state index in [1.807, 2.05) is 0 Å². The Labute approximate surface area is 125 Å². The zero-order valence-electron chi connectivity index (χ0n) is 12.4. The Morgan fingerprint density at radius 1 is 1.27 bits per heavy atom. The number of alkyl halides is 3. The summed E-state index contributed by atoms with van der Waals surface area (Å²) < 4.78 is 45.1. The molecule has 0 bridgehead atoms. The summed E-state index contributed by atoms with van der Waals surface area (Å²) in [5.74, 6) is -2.65. The summed E-state index contributed by atoms with van der Waals surface area (Å²) in [5.41, 5.74) is -2.63. The zero-order chi connectivity index (χ0) is 17.0. The van der Waals surface area contributed by atoms with Gasteiger partial charge in [-0.15, -0.1) is 0 Å². The van der Waals surface area contributed by atoms with Crippen LogP contribution < -0.4 is 10.6 Å². The van der Waals surface area contributed by atoms with Crippen molar-refractivity contribution in [2.75, 3.05) is 11.9 Å². The number of amides is 1. The maximum atomic E-state index is 13.5. The molecule has 0 saturated heterocycles. The quantitative estimate of drug-likeness (QED) is 0.646. The van der Waals surface area contributed by atoms with E-state index in [9.17, 15) is 22.8 Å². The van der Waals surface area contributed by atoms with Crippen LogP contribution >= 0.6 is 0 Å². The molecule has 1 amide bonds. The van der Waals surface area contributed by atoms with Crippen molar-refractivity contribution >= 4 is 17.6 Å². The summed E-state index contributed by atoms with van der Waals surface area (Å²) in [6, 6.07) is 5.98. The van der Waals surface area contributed by atoms with Gasteiger partial charge < -0.3 is 15.4 Å². The second-order valence-electron chi connectivity index (χ2n) is 4.64. The molecule has 0 aliphatic carbocycles. The molecule has 5 nitrogen and oxygen atoms in total. The number of ether oxygens (including phenoxy) is 1. The van der Waals surface area contributed by atoms with Gasteiger partial charge >= 0.3 is 17.8 Å². The first-order chi connectivity index (χ1) is 10.1. The number of anilines is 1. The molecule has 2 N–H and O–H groups in total. The summed E-state index contributed by atoms with van der Waals surface area (Å²) in [6.07, 6.45) is -5.10. The van der Waals surface area contributed by atoms with Gasteiger partial charge in [0.05, 0.1) is 6.61 Å². The molecule has 22 heavy (non-hydrogen) atoms. The Morgan fingerprint density at radius 3 is 2.36 bits per heavy atom. The smallest absolute Gasteiger partial charge is 0.441 e. The normalized spacial score (nSPS) is 13.9. The number of nitrogens with one attached hydrogen (secondary N) is 2. The van der Waals surface area contributed by atoms with Crippen molar-refractivity contribution in [2.24, 2.45) is 0 Å². The molecule has 0 radical (unpaired) electrons. The molecular formula is C14H17F3N2O3. The molecule has 0 unspecified atom stereocenters. The fourth-order valence-electron chi connectivity index (χ4n) is 1.83. The van der Waals surface area contributed by atoms with Crippen molar-refractivity contribution in [3.8, 4) is 0 Å². The highest BCUT2D eigenvalue weighted by Gasteiger charge is 2.63. The monoisotopic (exact) mass is 318 g/mol. The minimum Gasteiger partial charge on any atom is -0.463 e. The highest BCUT2D eigenvalue weighted by atomic mass is 19.4. The summed E-state index contributed by atoms with van der Waals surface area (Å²) in [6.45, 7) is 3.69. The lowest BCUT2D eigenvalue weighted by molar-refractivity contribution is -0.207. The average Bonchev–Trinajstić information content (AvgIpc) is 2.36. The average molecular weight is 318 g/mol. The maximum Gasteiger partial charge on any atom is 0.441 e. The summed E-state index contributed by atoms with van der Waals surface area (Å²) in [4.78, 5) is 23.1. The summed E-state index contributed by atoms with van der Waals surface area (Å²) in [7, 11) is 0. The highest BCUT2D eigenvalue weighted by Crippen LogP contribution is 2.33. The maximum absolute atomic E-state index is 13.5. The second-order valence-corrected chi connectivity index (χ2v) is 4.64. The molecule has 0 fully saturated rings. The zero-order valence-corrected chi connectivity index (χ0v) is 12.4. The third kappa shape index (κ3) is 3.90. The van der Waals surface area contributed by atoms with Crippen molar-refractivity contribution in [3.05, 3.63) is 29.8 Å². The lowest BCUT2D eigenvalue weighted by atomic mass is 10.1. The molecule has 0 spiro atoms. The number of halogens is 3. The number of carbonyl (C=O) groups is 2. The van der Waals surface area contributed by atoms with Crippen molar-refractivity contribution in [1.29, 1.82) is 0 Å². The molecule has 0 saturated carbocycles. The van der Waals surface area contributed by atoms with E-state index in [4.69, 9.17) is 0 Å². The lowest BCUT2D eigenvalue weighted by Crippen LogP contribution is -2.69. The van der Waals surface area contributed by atoms with E-state index < -0.39 is 23.7 Å². The van der Waals surface area contributed by atoms with Gasteiger partial charge in [-0.2, -0.15) is 13.2 Å². The minimum absolute atomic E-state index is 0.0270. The number of esters is 1. The van der Waals surface area contributed by atoms with Gasteiger partial charge in [-0.25, -0.2) is 4.79 Å². The Balaban J connectivity index is 3.34. The van der Waals surface area contributed by atoms with Crippen LogP contribution in [-0.2, 0) is 14.3 Å². The molecule has 1 rings (SSSR count). The summed E-state index contributed by atoms with van der Waals surface area (Å²) in [5, 5.41) is 3.69. The van der Waals surface area contributed by atoms with Crippen LogP contribution in [0.4, 0.5) is 18.9 Å². The van der Waals surface area contributed by atoms with E-state index in [1.54, 1.807) is 18.3 Å². The molecule has 1 aromatic rings. The Bertz CT molecular complexity index is 561. The van der Waals surface area contributed by atoms with E-state index in [0.717, 1.165) is 6.92 Å². The summed E-state index contributed by atoms with van der Waals surface area (Å²) >= 11 is 0. The Hall–Kier alpha value is -2.25. The van der Waals surface area contributed by atoms with Gasteiger partial charge in [0.1, 0.15) is 0 Å².